The van der Waals surface area contributed by atoms with E-state index in [-0.39, 0.29) is 11.6 Å². The summed E-state index contributed by atoms with van der Waals surface area (Å²) in [6.45, 7) is 6.21. The second-order valence-corrected chi connectivity index (χ2v) is 9.18. The molecule has 9 nitrogen and oxygen atoms in total. The van der Waals surface area contributed by atoms with Gasteiger partial charge in [0.05, 0.1) is 19.2 Å². The van der Waals surface area contributed by atoms with E-state index in [4.69, 9.17) is 4.74 Å². The third kappa shape index (κ3) is 5.78. The van der Waals surface area contributed by atoms with E-state index in [1.807, 2.05) is 72.4 Å². The van der Waals surface area contributed by atoms with Gasteiger partial charge in [-0.25, -0.2) is 4.68 Å². The first-order chi connectivity index (χ1) is 18.6. The molecule has 5 rings (SSSR count). The van der Waals surface area contributed by atoms with E-state index in [1.165, 1.54) is 0 Å². The van der Waals surface area contributed by atoms with Gasteiger partial charge in [0.25, 0.3) is 5.56 Å². The second kappa shape index (κ2) is 11.8. The van der Waals surface area contributed by atoms with Gasteiger partial charge in [0.2, 0.25) is 0 Å². The highest BCUT2D eigenvalue weighted by atomic mass is 16.5. The molecule has 3 aromatic heterocycles. The van der Waals surface area contributed by atoms with Crippen LogP contribution < -0.4 is 10.3 Å². The molecule has 0 radical (unpaired) electrons. The molecule has 0 spiro atoms. The number of benzene rings is 2. The monoisotopic (exact) mass is 509 g/mol. The Morgan fingerprint density at radius 1 is 1.00 bits per heavy atom. The maximum absolute atomic E-state index is 13.2. The summed E-state index contributed by atoms with van der Waals surface area (Å²) in [5.41, 5.74) is 3.49. The molecule has 1 N–H and O–H groups in total. The molecule has 2 aromatic carbocycles. The predicted molar refractivity (Wildman–Crippen MR) is 146 cm³/mol. The number of pyridine rings is 2. The third-order valence-corrected chi connectivity index (χ3v) is 6.55. The SMILES string of the molecule is CCOc1ccc2[nH]c(=O)c(CN(Cc3cccnc3)[C@@H](CC)c3nnnn3Cc3ccccc3)cc2c1. The molecule has 0 saturated carbocycles. The van der Waals surface area contributed by atoms with E-state index in [0.717, 1.165) is 40.0 Å². The average molecular weight is 510 g/mol. The van der Waals surface area contributed by atoms with Gasteiger partial charge in [-0.05, 0) is 65.2 Å². The minimum absolute atomic E-state index is 0.114. The van der Waals surface area contributed by atoms with Gasteiger partial charge in [-0.2, -0.15) is 0 Å². The normalized spacial score (nSPS) is 12.2. The zero-order chi connectivity index (χ0) is 26.3. The van der Waals surface area contributed by atoms with Crippen molar-refractivity contribution < 1.29 is 4.74 Å². The minimum Gasteiger partial charge on any atom is -0.494 e. The molecule has 0 bridgehead atoms. The fraction of sp³-hybridized carbons (Fsp3) is 0.276. The van der Waals surface area contributed by atoms with Crippen LogP contribution in [0.3, 0.4) is 0 Å². The van der Waals surface area contributed by atoms with Gasteiger partial charge in [-0.1, -0.05) is 43.3 Å². The number of tetrazole rings is 1. The number of nitrogens with one attached hydrogen (secondary N) is 1. The number of rotatable bonds is 11. The van der Waals surface area contributed by atoms with Crippen molar-refractivity contribution in [1.29, 1.82) is 0 Å². The number of H-pyrrole nitrogens is 1. The van der Waals surface area contributed by atoms with Crippen LogP contribution >= 0.6 is 0 Å². The molecule has 0 saturated heterocycles. The van der Waals surface area contributed by atoms with Crippen LogP contribution in [0.25, 0.3) is 10.9 Å². The second-order valence-electron chi connectivity index (χ2n) is 9.18. The van der Waals surface area contributed by atoms with Crippen molar-refractivity contribution in [3.63, 3.8) is 0 Å². The molecule has 0 unspecified atom stereocenters. The molecule has 0 aliphatic rings. The van der Waals surface area contributed by atoms with Gasteiger partial charge in [0.15, 0.2) is 5.82 Å². The number of ether oxygens (including phenoxy) is 1. The minimum atomic E-state index is -0.126. The summed E-state index contributed by atoms with van der Waals surface area (Å²) >= 11 is 0. The van der Waals surface area contributed by atoms with Gasteiger partial charge in [0, 0.05) is 41.9 Å². The molecular formula is C29H31N7O2. The lowest BCUT2D eigenvalue weighted by molar-refractivity contribution is 0.161. The first-order valence-electron chi connectivity index (χ1n) is 12.9. The molecule has 38 heavy (non-hydrogen) atoms. The summed E-state index contributed by atoms with van der Waals surface area (Å²) in [7, 11) is 0. The molecule has 1 atom stereocenters. The Kier molecular flexibility index (Phi) is 7.84. The van der Waals surface area contributed by atoms with Gasteiger partial charge in [0.1, 0.15) is 5.75 Å². The lowest BCUT2D eigenvalue weighted by Crippen LogP contribution is -2.32. The molecular weight excluding hydrogens is 478 g/mol. The lowest BCUT2D eigenvalue weighted by atomic mass is 10.1. The number of nitrogens with zero attached hydrogens (tertiary/aromatic N) is 6. The zero-order valence-electron chi connectivity index (χ0n) is 21.6. The van der Waals surface area contributed by atoms with Crippen molar-refractivity contribution in [2.75, 3.05) is 6.61 Å². The van der Waals surface area contributed by atoms with Crippen molar-refractivity contribution >= 4 is 10.9 Å². The van der Waals surface area contributed by atoms with Crippen LogP contribution in [-0.4, -0.2) is 41.7 Å². The van der Waals surface area contributed by atoms with E-state index >= 15 is 0 Å². The number of aromatic nitrogens is 6. The molecule has 0 fully saturated rings. The van der Waals surface area contributed by atoms with Crippen LogP contribution in [0.15, 0.2) is 83.9 Å². The topological polar surface area (TPSA) is 102 Å². The van der Waals surface area contributed by atoms with Crippen molar-refractivity contribution in [3.8, 4) is 5.75 Å². The van der Waals surface area contributed by atoms with Crippen LogP contribution in [0, 0.1) is 0 Å². The highest BCUT2D eigenvalue weighted by molar-refractivity contribution is 5.80. The van der Waals surface area contributed by atoms with E-state index in [1.54, 1.807) is 6.20 Å². The number of aromatic amines is 1. The summed E-state index contributed by atoms with van der Waals surface area (Å²) in [6, 6.07) is 21.6. The Labute approximate surface area is 221 Å². The highest BCUT2D eigenvalue weighted by Gasteiger charge is 2.26. The van der Waals surface area contributed by atoms with Crippen molar-refractivity contribution in [1.82, 2.24) is 35.1 Å². The number of hydrogen-bond acceptors (Lipinski definition) is 7. The molecule has 0 amide bonds. The molecule has 194 valence electrons. The fourth-order valence-electron chi connectivity index (χ4n) is 4.75. The summed E-state index contributed by atoms with van der Waals surface area (Å²) in [5, 5.41) is 13.7. The van der Waals surface area contributed by atoms with E-state index in [2.05, 4.69) is 49.4 Å². The van der Waals surface area contributed by atoms with Crippen molar-refractivity contribution in [2.45, 2.75) is 45.9 Å². The van der Waals surface area contributed by atoms with Crippen LogP contribution in [-0.2, 0) is 19.6 Å². The molecule has 5 aromatic rings. The highest BCUT2D eigenvalue weighted by Crippen LogP contribution is 2.27. The first-order valence-corrected chi connectivity index (χ1v) is 12.9. The summed E-state index contributed by atoms with van der Waals surface area (Å²) in [4.78, 5) is 22.7. The van der Waals surface area contributed by atoms with Crippen LogP contribution in [0.4, 0.5) is 0 Å². The molecule has 0 aliphatic carbocycles. The Bertz CT molecular complexity index is 1530. The maximum Gasteiger partial charge on any atom is 0.252 e. The van der Waals surface area contributed by atoms with Gasteiger partial charge < -0.3 is 9.72 Å². The first kappa shape index (κ1) is 25.3. The van der Waals surface area contributed by atoms with E-state index < -0.39 is 0 Å². The van der Waals surface area contributed by atoms with Crippen LogP contribution in [0.1, 0.15) is 48.8 Å². The van der Waals surface area contributed by atoms with E-state index in [0.29, 0.717) is 31.8 Å². The average Bonchev–Trinajstić information content (AvgIpc) is 3.38. The van der Waals surface area contributed by atoms with Crippen molar-refractivity contribution in [2.24, 2.45) is 0 Å². The zero-order valence-corrected chi connectivity index (χ0v) is 21.6. The Morgan fingerprint density at radius 2 is 1.84 bits per heavy atom. The van der Waals surface area contributed by atoms with Gasteiger partial charge >= 0.3 is 0 Å². The lowest BCUT2D eigenvalue weighted by Gasteiger charge is -2.30. The Morgan fingerprint density at radius 3 is 2.61 bits per heavy atom. The molecule has 3 heterocycles. The van der Waals surface area contributed by atoms with Crippen molar-refractivity contribution in [3.05, 3.63) is 112 Å². The number of fused-ring (bicyclic) bond motifs is 1. The molecule has 9 heteroatoms. The third-order valence-electron chi connectivity index (χ3n) is 6.55. The number of hydrogen-bond donors (Lipinski definition) is 1. The van der Waals surface area contributed by atoms with Crippen LogP contribution in [0.5, 0.6) is 5.75 Å². The Hall–Kier alpha value is -4.37. The van der Waals surface area contributed by atoms with E-state index in [9.17, 15) is 4.79 Å². The smallest absolute Gasteiger partial charge is 0.252 e. The Balaban J connectivity index is 1.51. The summed E-state index contributed by atoms with van der Waals surface area (Å²) in [6.07, 6.45) is 4.37. The largest absolute Gasteiger partial charge is 0.494 e. The standard InChI is InChI=1S/C29H31N7O2/c1-3-27(28-32-33-34-36(28)19-21-9-6-5-7-10-21)35(18-22-11-8-14-30-17-22)20-24-15-23-16-25(38-4-2)12-13-26(23)31-29(24)37/h5-17,27H,3-4,18-20H2,1-2H3,(H,31,37)/t27-/m0/s1. The fourth-order valence-corrected chi connectivity index (χ4v) is 4.75. The summed E-state index contributed by atoms with van der Waals surface area (Å²) in [5.74, 6) is 1.54. The quantitative estimate of drug-likeness (QED) is 0.279. The van der Waals surface area contributed by atoms with Gasteiger partial charge in [-0.15, -0.1) is 5.10 Å². The summed E-state index contributed by atoms with van der Waals surface area (Å²) < 4.78 is 7.52. The molecule has 0 aliphatic heterocycles. The maximum atomic E-state index is 13.2. The van der Waals surface area contributed by atoms with Gasteiger partial charge in [-0.3, -0.25) is 14.7 Å². The van der Waals surface area contributed by atoms with Crippen LogP contribution in [0.2, 0.25) is 0 Å². The predicted octanol–water partition coefficient (Wildman–Crippen LogP) is 4.51.